The molecule has 9 heteroatoms. The summed E-state index contributed by atoms with van der Waals surface area (Å²) in [6.45, 7) is 0.408. The molecule has 5 rings (SSSR count). The second-order valence-electron chi connectivity index (χ2n) is 7.99. The molecule has 0 bridgehead atoms. The van der Waals surface area contributed by atoms with Gasteiger partial charge in [0.25, 0.3) is 5.56 Å². The molecule has 2 aromatic heterocycles. The Bertz CT molecular complexity index is 1330. The van der Waals surface area contributed by atoms with E-state index in [0.717, 1.165) is 19.3 Å². The first-order valence-corrected chi connectivity index (χ1v) is 12.1. The maximum absolute atomic E-state index is 13.6. The van der Waals surface area contributed by atoms with Gasteiger partial charge in [0.2, 0.25) is 0 Å². The predicted octanol–water partition coefficient (Wildman–Crippen LogP) is 4.89. The Labute approximate surface area is 186 Å². The maximum atomic E-state index is 13.6. The number of hydrogen-bond donors (Lipinski definition) is 4. The number of aromatic nitrogens is 2. The third kappa shape index (κ3) is 3.58. The molecule has 166 valence electrons. The molecule has 3 aromatic rings. The van der Waals surface area contributed by atoms with E-state index >= 15 is 0 Å². The fourth-order valence-corrected chi connectivity index (χ4v) is 5.48. The number of amidine groups is 1. The number of aryl methyl sites for hydroxylation is 1. The van der Waals surface area contributed by atoms with Gasteiger partial charge >= 0.3 is 0 Å². The quantitative estimate of drug-likeness (QED) is 0.419. The summed E-state index contributed by atoms with van der Waals surface area (Å²) in [6.07, 6.45) is 8.97. The molecule has 1 aliphatic carbocycles. The fraction of sp³-hybridized carbons (Fsp3) is 0.261. The molecule has 0 spiro atoms. The first kappa shape index (κ1) is 20.7. The summed E-state index contributed by atoms with van der Waals surface area (Å²) in [7, 11) is -3.53. The highest BCUT2D eigenvalue weighted by Crippen LogP contribution is 2.55. The van der Waals surface area contributed by atoms with Gasteiger partial charge in [-0.15, -0.1) is 4.40 Å². The van der Waals surface area contributed by atoms with Gasteiger partial charge in [0.1, 0.15) is 21.9 Å². The lowest BCUT2D eigenvalue weighted by Crippen LogP contribution is -2.32. The Morgan fingerprint density at radius 2 is 1.97 bits per heavy atom. The van der Waals surface area contributed by atoms with E-state index in [9.17, 15) is 19.0 Å². The van der Waals surface area contributed by atoms with Crippen LogP contribution >= 0.6 is 10.8 Å². The van der Waals surface area contributed by atoms with Crippen molar-refractivity contribution in [2.75, 3.05) is 5.32 Å². The Balaban J connectivity index is 1.65. The van der Waals surface area contributed by atoms with Crippen LogP contribution in [0.4, 0.5) is 5.69 Å². The van der Waals surface area contributed by atoms with E-state index in [4.69, 9.17) is 0 Å². The average Bonchev–Trinajstić information content (AvgIpc) is 2.79. The van der Waals surface area contributed by atoms with Gasteiger partial charge in [-0.2, -0.15) is 0 Å². The van der Waals surface area contributed by atoms with Crippen molar-refractivity contribution in [1.29, 1.82) is 0 Å². The molecule has 0 atom stereocenters. The van der Waals surface area contributed by atoms with Gasteiger partial charge < -0.3 is 10.4 Å². The number of hydrogen-bond acceptors (Lipinski definition) is 7. The average molecular weight is 453 g/mol. The first-order valence-electron chi connectivity index (χ1n) is 10.6. The number of nitrogens with zero attached hydrogens (tertiary/aromatic N) is 3. The van der Waals surface area contributed by atoms with E-state index in [1.54, 1.807) is 42.6 Å². The highest BCUT2D eigenvalue weighted by Gasteiger charge is 2.30. The third-order valence-electron chi connectivity index (χ3n) is 5.93. The Morgan fingerprint density at radius 3 is 2.78 bits per heavy atom. The fourth-order valence-electron chi connectivity index (χ4n) is 4.32. The molecule has 8 nitrogen and oxygen atoms in total. The smallest absolute Gasteiger partial charge is 0.267 e. The topological polar surface area (TPSA) is 120 Å². The zero-order valence-corrected chi connectivity index (χ0v) is 18.2. The van der Waals surface area contributed by atoms with Gasteiger partial charge in [0, 0.05) is 12.7 Å². The summed E-state index contributed by atoms with van der Waals surface area (Å²) >= 11 is 0. The minimum Gasteiger partial charge on any atom is -0.506 e. The van der Waals surface area contributed by atoms with Crippen LogP contribution in [0.25, 0.3) is 11.0 Å². The number of aromatic hydroxyl groups is 1. The standard InChI is InChI=1S/C23H24N4O4S/c28-20-16-9-6-13-24-22(16)27(14-12-15-7-2-1-3-8-15)23(29)19(20)21-25-17-10-4-5-11-18(17)32(30,31)26-21/h4-7,9-11,13,28,30-31H,1-3,8,12,14H2,(H,25,26). The summed E-state index contributed by atoms with van der Waals surface area (Å²) in [4.78, 5) is 18.2. The highest BCUT2D eigenvalue weighted by atomic mass is 32.3. The van der Waals surface area contributed by atoms with E-state index in [1.165, 1.54) is 16.6 Å². The Hall–Kier alpha value is -3.14. The molecule has 0 saturated heterocycles. The van der Waals surface area contributed by atoms with Crippen LogP contribution in [0.2, 0.25) is 0 Å². The number of allylic oxidation sites excluding steroid dienone is 2. The number of rotatable bonds is 4. The second-order valence-corrected chi connectivity index (χ2v) is 9.65. The molecule has 4 N–H and O–H groups in total. The molecular weight excluding hydrogens is 428 g/mol. The molecular formula is C23H24N4O4S. The van der Waals surface area contributed by atoms with Gasteiger partial charge in [-0.1, -0.05) is 34.6 Å². The molecule has 2 aliphatic rings. The van der Waals surface area contributed by atoms with Crippen molar-refractivity contribution in [2.45, 2.75) is 43.5 Å². The monoisotopic (exact) mass is 452 g/mol. The first-order chi connectivity index (χ1) is 15.5. The van der Waals surface area contributed by atoms with Gasteiger partial charge in [-0.05, 0) is 56.4 Å². The van der Waals surface area contributed by atoms with E-state index in [0.29, 0.717) is 29.7 Å². The van der Waals surface area contributed by atoms with Gasteiger partial charge in [-0.25, -0.2) is 4.98 Å². The SMILES string of the molecule is O=c1c(C2=NS(O)(O)c3ccccc3N2)c(O)c2cccnc2n1CCC1=CCCCC1. The van der Waals surface area contributed by atoms with E-state index in [1.807, 2.05) is 0 Å². The minimum atomic E-state index is -3.53. The van der Waals surface area contributed by atoms with Crippen LogP contribution in [-0.4, -0.2) is 29.6 Å². The maximum Gasteiger partial charge on any atom is 0.267 e. The van der Waals surface area contributed by atoms with Crippen LogP contribution in [0.15, 0.2) is 68.3 Å². The molecule has 0 unspecified atom stereocenters. The molecule has 0 fully saturated rings. The molecule has 1 aliphatic heterocycles. The number of anilines is 1. The third-order valence-corrected chi connectivity index (χ3v) is 7.31. The summed E-state index contributed by atoms with van der Waals surface area (Å²) in [5.41, 5.74) is 1.56. The van der Waals surface area contributed by atoms with Gasteiger partial charge in [0.15, 0.2) is 5.84 Å². The number of pyridine rings is 2. The van der Waals surface area contributed by atoms with Crippen LogP contribution in [0.3, 0.4) is 0 Å². The van der Waals surface area contributed by atoms with Crippen LogP contribution in [-0.2, 0) is 6.54 Å². The van der Waals surface area contributed by atoms with Crippen molar-refractivity contribution in [2.24, 2.45) is 4.40 Å². The van der Waals surface area contributed by atoms with Crippen LogP contribution in [0.1, 0.15) is 37.7 Å². The van der Waals surface area contributed by atoms with Crippen molar-refractivity contribution >= 4 is 33.3 Å². The second kappa shape index (κ2) is 8.09. The molecule has 0 saturated carbocycles. The summed E-state index contributed by atoms with van der Waals surface area (Å²) in [6, 6.07) is 10.0. The lowest BCUT2D eigenvalue weighted by molar-refractivity contribution is 0.476. The van der Waals surface area contributed by atoms with E-state index in [-0.39, 0.29) is 22.0 Å². The van der Waals surface area contributed by atoms with Crippen molar-refractivity contribution in [3.8, 4) is 5.75 Å². The molecule has 1 aromatic carbocycles. The largest absolute Gasteiger partial charge is 0.506 e. The van der Waals surface area contributed by atoms with E-state index < -0.39 is 16.3 Å². The lowest BCUT2D eigenvalue weighted by Gasteiger charge is -2.34. The highest BCUT2D eigenvalue weighted by molar-refractivity contribution is 8.23. The summed E-state index contributed by atoms with van der Waals surface area (Å²) in [5.74, 6) is -0.352. The molecule has 0 amide bonds. The summed E-state index contributed by atoms with van der Waals surface area (Å²) < 4.78 is 26.8. The van der Waals surface area contributed by atoms with Crippen molar-refractivity contribution in [3.05, 3.63) is 70.2 Å². The normalized spacial score (nSPS) is 18.3. The Morgan fingerprint density at radius 1 is 1.12 bits per heavy atom. The number of para-hydroxylation sites is 1. The number of benzene rings is 1. The van der Waals surface area contributed by atoms with Gasteiger partial charge in [-0.3, -0.25) is 18.5 Å². The van der Waals surface area contributed by atoms with Crippen LogP contribution in [0, 0.1) is 0 Å². The number of fused-ring (bicyclic) bond motifs is 2. The van der Waals surface area contributed by atoms with Crippen LogP contribution < -0.4 is 10.9 Å². The minimum absolute atomic E-state index is 0.0671. The van der Waals surface area contributed by atoms with Gasteiger partial charge in [0.05, 0.1) is 11.1 Å². The lowest BCUT2D eigenvalue weighted by atomic mass is 9.97. The molecule has 32 heavy (non-hydrogen) atoms. The zero-order valence-electron chi connectivity index (χ0n) is 17.4. The zero-order chi connectivity index (χ0) is 22.3. The van der Waals surface area contributed by atoms with Crippen molar-refractivity contribution < 1.29 is 14.2 Å². The summed E-state index contributed by atoms with van der Waals surface area (Å²) in [5, 5.41) is 14.4. The van der Waals surface area contributed by atoms with Crippen LogP contribution in [0.5, 0.6) is 5.75 Å². The van der Waals surface area contributed by atoms with Crippen molar-refractivity contribution in [1.82, 2.24) is 9.55 Å². The van der Waals surface area contributed by atoms with Crippen molar-refractivity contribution in [3.63, 3.8) is 0 Å². The Kier molecular flexibility index (Phi) is 5.24. The number of nitrogens with one attached hydrogen (secondary N) is 1. The predicted molar refractivity (Wildman–Crippen MR) is 127 cm³/mol. The molecule has 3 heterocycles. The molecule has 0 radical (unpaired) electrons. The van der Waals surface area contributed by atoms with E-state index in [2.05, 4.69) is 20.8 Å².